The van der Waals surface area contributed by atoms with Crippen LogP contribution in [0.4, 0.5) is 0 Å². The normalized spacial score (nSPS) is 30.8. The Labute approximate surface area is 150 Å². The standard InChI is InChI=1S/C21H29N3O/c1-20(2,3)21-13-18(24(25-21)15-9-5-4-6-10-15)19-22-16-11-7-8-12-17(16)23(19)14-21/h7-8,11-12,15,18H,4-6,9-10,13-14H2,1-3H3/t18-,21+/m1/s1. The minimum atomic E-state index is -0.133. The minimum Gasteiger partial charge on any atom is -0.324 e. The highest BCUT2D eigenvalue weighted by Crippen LogP contribution is 2.55. The van der Waals surface area contributed by atoms with Crippen molar-refractivity contribution in [1.29, 1.82) is 0 Å². The lowest BCUT2D eigenvalue weighted by Crippen LogP contribution is -2.48. The Morgan fingerprint density at radius 2 is 1.88 bits per heavy atom. The highest BCUT2D eigenvalue weighted by molar-refractivity contribution is 5.76. The molecule has 2 fully saturated rings. The molecule has 4 heteroatoms. The van der Waals surface area contributed by atoms with Crippen LogP contribution in [0.5, 0.6) is 0 Å². The van der Waals surface area contributed by atoms with E-state index in [0.717, 1.165) is 18.5 Å². The molecule has 4 nitrogen and oxygen atoms in total. The number of hydroxylamine groups is 2. The molecule has 1 aromatic carbocycles. The number of hydrogen-bond donors (Lipinski definition) is 0. The average molecular weight is 339 g/mol. The lowest BCUT2D eigenvalue weighted by molar-refractivity contribution is -0.257. The number of aromatic nitrogens is 2. The zero-order valence-corrected chi connectivity index (χ0v) is 15.7. The Bertz CT molecular complexity index is 799. The van der Waals surface area contributed by atoms with Gasteiger partial charge in [-0.3, -0.25) is 4.84 Å². The molecule has 2 aromatic rings. The van der Waals surface area contributed by atoms with Gasteiger partial charge in [0.05, 0.1) is 23.6 Å². The predicted molar refractivity (Wildman–Crippen MR) is 99.1 cm³/mol. The molecule has 3 aliphatic rings. The molecule has 1 aliphatic carbocycles. The largest absolute Gasteiger partial charge is 0.324 e. The van der Waals surface area contributed by atoms with Crippen molar-refractivity contribution in [2.75, 3.05) is 0 Å². The minimum absolute atomic E-state index is 0.0950. The van der Waals surface area contributed by atoms with Crippen LogP contribution in [0.25, 0.3) is 11.0 Å². The van der Waals surface area contributed by atoms with Crippen molar-refractivity contribution >= 4 is 11.0 Å². The van der Waals surface area contributed by atoms with Crippen LogP contribution in [0.15, 0.2) is 24.3 Å². The van der Waals surface area contributed by atoms with Gasteiger partial charge in [0.15, 0.2) is 0 Å². The van der Waals surface area contributed by atoms with Crippen molar-refractivity contribution in [1.82, 2.24) is 14.6 Å². The fourth-order valence-corrected chi connectivity index (χ4v) is 5.12. The Kier molecular flexibility index (Phi) is 3.36. The molecule has 2 aliphatic heterocycles. The maximum absolute atomic E-state index is 6.84. The van der Waals surface area contributed by atoms with E-state index < -0.39 is 0 Å². The Hall–Kier alpha value is -1.39. The van der Waals surface area contributed by atoms with Crippen LogP contribution in [-0.2, 0) is 11.4 Å². The molecule has 0 spiro atoms. The zero-order valence-electron chi connectivity index (χ0n) is 15.7. The second-order valence-corrected chi connectivity index (χ2v) is 9.25. The van der Waals surface area contributed by atoms with E-state index in [1.54, 1.807) is 0 Å². The fraction of sp³-hybridized carbons (Fsp3) is 0.667. The van der Waals surface area contributed by atoms with E-state index in [2.05, 4.69) is 54.7 Å². The van der Waals surface area contributed by atoms with Crippen LogP contribution < -0.4 is 0 Å². The van der Waals surface area contributed by atoms with Gasteiger partial charge in [0.1, 0.15) is 11.4 Å². The van der Waals surface area contributed by atoms with Gasteiger partial charge < -0.3 is 4.57 Å². The first-order valence-corrected chi connectivity index (χ1v) is 9.91. The van der Waals surface area contributed by atoms with Crippen LogP contribution in [0.2, 0.25) is 0 Å². The maximum Gasteiger partial charge on any atom is 0.129 e. The Balaban J connectivity index is 1.64. The highest BCUT2D eigenvalue weighted by atomic mass is 16.7. The number of benzene rings is 1. The van der Waals surface area contributed by atoms with Gasteiger partial charge >= 0.3 is 0 Å². The molecule has 0 N–H and O–H groups in total. The first-order chi connectivity index (χ1) is 12.0. The number of para-hydroxylation sites is 2. The van der Waals surface area contributed by atoms with Crippen molar-refractivity contribution in [2.24, 2.45) is 5.41 Å². The summed E-state index contributed by atoms with van der Waals surface area (Å²) < 4.78 is 2.44. The predicted octanol–water partition coefficient (Wildman–Crippen LogP) is 4.85. The molecular formula is C21H29N3O. The van der Waals surface area contributed by atoms with Gasteiger partial charge in [-0.25, -0.2) is 4.98 Å². The van der Waals surface area contributed by atoms with E-state index in [1.807, 2.05) is 0 Å². The summed E-state index contributed by atoms with van der Waals surface area (Å²) in [5.41, 5.74) is 2.34. The van der Waals surface area contributed by atoms with E-state index in [1.165, 1.54) is 43.4 Å². The monoisotopic (exact) mass is 339 g/mol. The summed E-state index contributed by atoms with van der Waals surface area (Å²) in [6.07, 6.45) is 7.62. The lowest BCUT2D eigenvalue weighted by Gasteiger charge is -2.42. The van der Waals surface area contributed by atoms with E-state index in [4.69, 9.17) is 9.82 Å². The van der Waals surface area contributed by atoms with Crippen LogP contribution in [0.1, 0.15) is 71.2 Å². The Morgan fingerprint density at radius 1 is 1.12 bits per heavy atom. The quantitative estimate of drug-likeness (QED) is 0.744. The van der Waals surface area contributed by atoms with Crippen molar-refractivity contribution < 1.29 is 4.84 Å². The molecule has 3 heterocycles. The van der Waals surface area contributed by atoms with E-state index >= 15 is 0 Å². The van der Waals surface area contributed by atoms with Crippen LogP contribution in [0.3, 0.4) is 0 Å². The first kappa shape index (κ1) is 15.8. The number of imidazole rings is 1. The summed E-state index contributed by atoms with van der Waals surface area (Å²) in [5, 5.41) is 2.37. The zero-order chi connectivity index (χ0) is 17.2. The van der Waals surface area contributed by atoms with Gasteiger partial charge in [-0.05, 0) is 30.4 Å². The first-order valence-electron chi connectivity index (χ1n) is 9.91. The molecule has 25 heavy (non-hydrogen) atoms. The molecule has 5 rings (SSSR count). The lowest BCUT2D eigenvalue weighted by atomic mass is 9.72. The molecule has 0 amide bonds. The van der Waals surface area contributed by atoms with Gasteiger partial charge in [0.25, 0.3) is 0 Å². The molecule has 0 unspecified atom stereocenters. The maximum atomic E-state index is 6.84. The fourth-order valence-electron chi connectivity index (χ4n) is 5.12. The van der Waals surface area contributed by atoms with Crippen molar-refractivity contribution in [2.45, 2.75) is 83.5 Å². The number of rotatable bonds is 1. The number of hydrogen-bond acceptors (Lipinski definition) is 3. The van der Waals surface area contributed by atoms with Gasteiger partial charge in [0.2, 0.25) is 0 Å². The molecule has 1 saturated heterocycles. The number of fused-ring (bicyclic) bond motifs is 6. The van der Waals surface area contributed by atoms with Crippen LogP contribution >= 0.6 is 0 Å². The summed E-state index contributed by atoms with van der Waals surface area (Å²) in [4.78, 5) is 11.9. The van der Waals surface area contributed by atoms with Crippen LogP contribution in [0, 0.1) is 5.41 Å². The molecule has 0 radical (unpaired) electrons. The van der Waals surface area contributed by atoms with E-state index in [-0.39, 0.29) is 11.0 Å². The molecular weight excluding hydrogens is 310 g/mol. The summed E-state index contributed by atoms with van der Waals surface area (Å²) in [6.45, 7) is 7.90. The summed E-state index contributed by atoms with van der Waals surface area (Å²) in [7, 11) is 0. The van der Waals surface area contributed by atoms with Gasteiger partial charge in [-0.1, -0.05) is 52.2 Å². The molecule has 1 saturated carbocycles. The second kappa shape index (κ2) is 5.31. The smallest absolute Gasteiger partial charge is 0.129 e. The number of nitrogens with zero attached hydrogens (tertiary/aromatic N) is 3. The SMILES string of the molecule is CC(C)(C)[C@]12C[C@H](c3nc4ccccc4n3C1)N(C1CCCCC1)O2. The molecule has 134 valence electrons. The van der Waals surface area contributed by atoms with Gasteiger partial charge in [-0.2, -0.15) is 5.06 Å². The van der Waals surface area contributed by atoms with E-state index in [9.17, 15) is 0 Å². The third kappa shape index (κ3) is 2.23. The van der Waals surface area contributed by atoms with Crippen molar-refractivity contribution in [3.63, 3.8) is 0 Å². The highest BCUT2D eigenvalue weighted by Gasteiger charge is 2.58. The van der Waals surface area contributed by atoms with Crippen molar-refractivity contribution in [3.8, 4) is 0 Å². The summed E-state index contributed by atoms with van der Waals surface area (Å²) >= 11 is 0. The van der Waals surface area contributed by atoms with Gasteiger partial charge in [0, 0.05) is 12.5 Å². The third-order valence-electron chi connectivity index (χ3n) is 6.81. The van der Waals surface area contributed by atoms with Crippen molar-refractivity contribution in [3.05, 3.63) is 30.1 Å². The topological polar surface area (TPSA) is 30.3 Å². The van der Waals surface area contributed by atoms with E-state index in [0.29, 0.717) is 12.1 Å². The van der Waals surface area contributed by atoms with Gasteiger partial charge in [-0.15, -0.1) is 0 Å². The molecule has 2 atom stereocenters. The molecule has 2 bridgehead atoms. The third-order valence-corrected chi connectivity index (χ3v) is 6.81. The summed E-state index contributed by atoms with van der Waals surface area (Å²) in [5.74, 6) is 1.21. The van der Waals surface area contributed by atoms with Crippen LogP contribution in [-0.4, -0.2) is 26.3 Å². The Morgan fingerprint density at radius 3 is 2.64 bits per heavy atom. The molecule has 1 aromatic heterocycles. The second-order valence-electron chi connectivity index (χ2n) is 9.25. The average Bonchev–Trinajstić information content (AvgIpc) is 3.14. The summed E-state index contributed by atoms with van der Waals surface area (Å²) in [6, 6.07) is 9.41.